The molecule has 0 unspecified atom stereocenters. The summed E-state index contributed by atoms with van der Waals surface area (Å²) >= 11 is 0. The van der Waals surface area contributed by atoms with Gasteiger partial charge in [-0.1, -0.05) is 30.3 Å². The van der Waals surface area contributed by atoms with E-state index in [1.807, 2.05) is 39.0 Å². The molecule has 1 atom stereocenters. The summed E-state index contributed by atoms with van der Waals surface area (Å²) in [5.74, 6) is 0.683. The van der Waals surface area contributed by atoms with Gasteiger partial charge in [0, 0.05) is 0 Å². The van der Waals surface area contributed by atoms with Crippen LogP contribution in [-0.2, 0) is 17.6 Å². The van der Waals surface area contributed by atoms with Crippen LogP contribution in [-0.4, -0.2) is 12.5 Å². The van der Waals surface area contributed by atoms with Crippen molar-refractivity contribution in [1.29, 1.82) is 0 Å². The normalized spacial score (nSPS) is 14.5. The summed E-state index contributed by atoms with van der Waals surface area (Å²) in [5.41, 5.74) is 6.24. The van der Waals surface area contributed by atoms with E-state index in [1.165, 1.54) is 36.0 Å². The van der Waals surface area contributed by atoms with Crippen molar-refractivity contribution < 1.29 is 9.53 Å². The lowest BCUT2D eigenvalue weighted by Crippen LogP contribution is -2.31. The van der Waals surface area contributed by atoms with Gasteiger partial charge in [0.05, 0.1) is 6.04 Å². The molecule has 25 heavy (non-hydrogen) atoms. The van der Waals surface area contributed by atoms with Crippen LogP contribution in [0.3, 0.4) is 0 Å². The Bertz CT molecular complexity index is 767. The summed E-state index contributed by atoms with van der Waals surface area (Å²) in [6.45, 7) is 6.08. The van der Waals surface area contributed by atoms with Gasteiger partial charge in [0.2, 0.25) is 0 Å². The zero-order valence-corrected chi connectivity index (χ0v) is 15.4. The maximum atomic E-state index is 12.2. The van der Waals surface area contributed by atoms with Crippen molar-refractivity contribution in [3.63, 3.8) is 0 Å². The molecule has 0 aliphatic heterocycles. The third-order valence-corrected chi connectivity index (χ3v) is 4.95. The molecule has 3 nitrogen and oxygen atoms in total. The van der Waals surface area contributed by atoms with Gasteiger partial charge in [-0.15, -0.1) is 0 Å². The van der Waals surface area contributed by atoms with Crippen LogP contribution in [0.15, 0.2) is 36.4 Å². The van der Waals surface area contributed by atoms with E-state index in [0.717, 1.165) is 23.3 Å². The summed E-state index contributed by atoms with van der Waals surface area (Å²) < 4.78 is 5.69. The maximum absolute atomic E-state index is 12.2. The molecule has 2 aromatic rings. The fourth-order valence-corrected chi connectivity index (χ4v) is 3.40. The van der Waals surface area contributed by atoms with E-state index in [2.05, 4.69) is 23.5 Å². The Morgan fingerprint density at radius 3 is 2.64 bits per heavy atom. The van der Waals surface area contributed by atoms with Crippen LogP contribution in [0.4, 0.5) is 0 Å². The van der Waals surface area contributed by atoms with E-state index < -0.39 is 0 Å². The zero-order valence-electron chi connectivity index (χ0n) is 15.4. The Balaban J connectivity index is 1.58. The monoisotopic (exact) mass is 337 g/mol. The number of ether oxygens (including phenoxy) is 1. The highest BCUT2D eigenvalue weighted by Gasteiger charge is 2.14. The highest BCUT2D eigenvalue weighted by atomic mass is 16.5. The number of nitrogens with one attached hydrogen (secondary N) is 1. The average Bonchev–Trinajstić information content (AvgIpc) is 2.62. The second kappa shape index (κ2) is 7.73. The van der Waals surface area contributed by atoms with Crippen LogP contribution in [0, 0.1) is 13.8 Å². The first-order valence-corrected chi connectivity index (χ1v) is 9.14. The predicted octanol–water partition coefficient (Wildman–Crippen LogP) is 4.44. The highest BCUT2D eigenvalue weighted by molar-refractivity contribution is 5.78. The fraction of sp³-hybridized carbons (Fsp3) is 0.409. The molecule has 2 aromatic carbocycles. The summed E-state index contributed by atoms with van der Waals surface area (Å²) in [6, 6.07) is 12.6. The van der Waals surface area contributed by atoms with Crippen molar-refractivity contribution in [1.82, 2.24) is 5.32 Å². The number of benzene rings is 2. The molecule has 0 aromatic heterocycles. The van der Waals surface area contributed by atoms with Crippen molar-refractivity contribution in [3.8, 4) is 5.75 Å². The molecule has 1 aliphatic carbocycles. The van der Waals surface area contributed by atoms with Crippen LogP contribution in [0.1, 0.15) is 53.6 Å². The van der Waals surface area contributed by atoms with Gasteiger partial charge in [-0.2, -0.15) is 0 Å². The van der Waals surface area contributed by atoms with Crippen molar-refractivity contribution in [3.05, 3.63) is 64.2 Å². The van der Waals surface area contributed by atoms with Crippen LogP contribution in [0.25, 0.3) is 0 Å². The third kappa shape index (κ3) is 4.41. The highest BCUT2D eigenvalue weighted by Crippen LogP contribution is 2.25. The van der Waals surface area contributed by atoms with E-state index in [1.54, 1.807) is 0 Å². The first kappa shape index (κ1) is 17.5. The van der Waals surface area contributed by atoms with Crippen molar-refractivity contribution in [2.45, 2.75) is 52.5 Å². The summed E-state index contributed by atoms with van der Waals surface area (Å²) in [6.07, 6.45) is 4.88. The minimum Gasteiger partial charge on any atom is -0.483 e. The Hall–Kier alpha value is -2.29. The minimum absolute atomic E-state index is 0.0121. The van der Waals surface area contributed by atoms with Crippen LogP contribution < -0.4 is 10.1 Å². The van der Waals surface area contributed by atoms with Crippen LogP contribution >= 0.6 is 0 Å². The number of rotatable bonds is 5. The number of aryl methyl sites for hydroxylation is 4. The molecular formula is C22H27NO2. The number of hydrogen-bond donors (Lipinski definition) is 1. The minimum atomic E-state index is -0.0915. The second-order valence-electron chi connectivity index (χ2n) is 7.08. The molecule has 3 rings (SSSR count). The van der Waals surface area contributed by atoms with E-state index in [0.29, 0.717) is 0 Å². The zero-order chi connectivity index (χ0) is 17.8. The van der Waals surface area contributed by atoms with Gasteiger partial charge >= 0.3 is 0 Å². The van der Waals surface area contributed by atoms with Crippen LogP contribution in [0.5, 0.6) is 5.75 Å². The molecule has 0 saturated carbocycles. The van der Waals surface area contributed by atoms with Gasteiger partial charge in [-0.05, 0) is 80.3 Å². The fourth-order valence-electron chi connectivity index (χ4n) is 3.40. The molecule has 132 valence electrons. The number of amides is 1. The molecule has 0 spiro atoms. The number of hydrogen-bond acceptors (Lipinski definition) is 2. The maximum Gasteiger partial charge on any atom is 0.258 e. The molecular weight excluding hydrogens is 310 g/mol. The molecule has 1 amide bonds. The van der Waals surface area contributed by atoms with Crippen molar-refractivity contribution in [2.75, 3.05) is 6.61 Å². The Morgan fingerprint density at radius 2 is 1.84 bits per heavy atom. The van der Waals surface area contributed by atoms with Crippen molar-refractivity contribution >= 4 is 5.91 Å². The summed E-state index contributed by atoms with van der Waals surface area (Å²) in [5, 5.41) is 3.04. The first-order valence-electron chi connectivity index (χ1n) is 9.14. The van der Waals surface area contributed by atoms with Gasteiger partial charge < -0.3 is 10.1 Å². The van der Waals surface area contributed by atoms with Gasteiger partial charge in [0.15, 0.2) is 6.61 Å². The Morgan fingerprint density at radius 1 is 1.08 bits per heavy atom. The van der Waals surface area contributed by atoms with E-state index in [4.69, 9.17) is 4.74 Å². The van der Waals surface area contributed by atoms with Crippen molar-refractivity contribution in [2.24, 2.45) is 0 Å². The smallest absolute Gasteiger partial charge is 0.258 e. The van der Waals surface area contributed by atoms with E-state index in [9.17, 15) is 4.79 Å². The molecule has 0 saturated heterocycles. The van der Waals surface area contributed by atoms with Gasteiger partial charge in [0.25, 0.3) is 5.91 Å². The summed E-state index contributed by atoms with van der Waals surface area (Å²) in [7, 11) is 0. The number of carbonyl (C=O) groups excluding carboxylic acids is 1. The second-order valence-corrected chi connectivity index (χ2v) is 7.08. The topological polar surface area (TPSA) is 38.3 Å². The van der Waals surface area contributed by atoms with E-state index in [-0.39, 0.29) is 18.6 Å². The summed E-state index contributed by atoms with van der Waals surface area (Å²) in [4.78, 5) is 12.2. The van der Waals surface area contributed by atoms with Gasteiger partial charge in [-0.3, -0.25) is 4.79 Å². The molecule has 0 heterocycles. The molecule has 3 heteroatoms. The first-order chi connectivity index (χ1) is 12.0. The molecule has 1 N–H and O–H groups in total. The van der Waals surface area contributed by atoms with Crippen LogP contribution in [0.2, 0.25) is 0 Å². The van der Waals surface area contributed by atoms with Gasteiger partial charge in [0.1, 0.15) is 5.75 Å². The average molecular weight is 337 g/mol. The SMILES string of the molecule is Cc1ccc(C)c(OCC(=O)N[C@H](C)c2ccc3c(c2)CCCC3)c1. The largest absolute Gasteiger partial charge is 0.483 e. The lowest BCUT2D eigenvalue weighted by atomic mass is 9.89. The Kier molecular flexibility index (Phi) is 5.42. The molecule has 0 bridgehead atoms. The van der Waals surface area contributed by atoms with E-state index >= 15 is 0 Å². The molecule has 1 aliphatic rings. The lowest BCUT2D eigenvalue weighted by Gasteiger charge is -2.20. The molecule has 0 fully saturated rings. The standard InChI is InChI=1S/C22H27NO2/c1-15-8-9-16(2)21(12-15)25-14-22(24)23-17(3)19-11-10-18-6-4-5-7-20(18)13-19/h8-13,17H,4-7,14H2,1-3H3,(H,23,24)/t17-/m1/s1. The number of fused-ring (bicyclic) bond motifs is 1. The molecule has 0 radical (unpaired) electrons. The van der Waals surface area contributed by atoms with Gasteiger partial charge in [-0.25, -0.2) is 0 Å². The number of carbonyl (C=O) groups is 1. The third-order valence-electron chi connectivity index (χ3n) is 4.95. The lowest BCUT2D eigenvalue weighted by molar-refractivity contribution is -0.123. The quantitative estimate of drug-likeness (QED) is 0.876. The predicted molar refractivity (Wildman–Crippen MR) is 101 cm³/mol. The Labute approximate surface area is 150 Å².